The van der Waals surface area contributed by atoms with Gasteiger partial charge in [-0.05, 0) is 35.9 Å². The third-order valence-corrected chi connectivity index (χ3v) is 6.19. The van der Waals surface area contributed by atoms with Gasteiger partial charge in [-0.1, -0.05) is 24.3 Å². The van der Waals surface area contributed by atoms with Gasteiger partial charge in [0.1, 0.15) is 4.90 Å². The first-order chi connectivity index (χ1) is 13.2. The number of sulfonamides is 2. The Balaban J connectivity index is 1.97. The van der Waals surface area contributed by atoms with Gasteiger partial charge in [-0.25, -0.2) is 27.0 Å². The fourth-order valence-corrected chi connectivity index (χ4v) is 4.40. The minimum Gasteiger partial charge on any atom is -0.481 e. The van der Waals surface area contributed by atoms with Crippen LogP contribution in [-0.2, 0) is 20.0 Å². The molecule has 0 saturated carbocycles. The Hall–Kier alpha value is -2.95. The predicted octanol–water partition coefficient (Wildman–Crippen LogP) is 2.21. The maximum atomic E-state index is 12.8. The summed E-state index contributed by atoms with van der Waals surface area (Å²) in [5.74, 6) is 0.439. The van der Waals surface area contributed by atoms with Crippen molar-refractivity contribution in [3.63, 3.8) is 0 Å². The molecule has 0 aliphatic carbocycles. The first-order valence-electron chi connectivity index (χ1n) is 7.96. The number of methoxy groups -OCH3 is 1. The molecule has 0 unspecified atom stereocenters. The highest BCUT2D eigenvalue weighted by atomic mass is 32.2. The Morgan fingerprint density at radius 3 is 2.32 bits per heavy atom. The van der Waals surface area contributed by atoms with Crippen LogP contribution in [0.4, 0.5) is 5.69 Å². The lowest BCUT2D eigenvalue weighted by atomic mass is 10.1. The normalized spacial score (nSPS) is 11.8. The topological polar surface area (TPSA) is 128 Å². The number of nitrogens with zero attached hydrogens (tertiary/aromatic N) is 1. The summed E-state index contributed by atoms with van der Waals surface area (Å²) in [6, 6.07) is 15.1. The summed E-state index contributed by atoms with van der Waals surface area (Å²) >= 11 is 0. The number of hydrogen-bond donors (Lipinski definition) is 2. The SMILES string of the molecule is COc1ccc(-c2cccc(S(=O)(=O)Nc3ccccc3S(N)(=O)=O)c2)cn1. The van der Waals surface area contributed by atoms with Crippen LogP contribution in [0, 0.1) is 0 Å². The summed E-state index contributed by atoms with van der Waals surface area (Å²) < 4.78 is 56.2. The van der Waals surface area contributed by atoms with E-state index in [2.05, 4.69) is 9.71 Å². The molecule has 3 aromatic rings. The molecule has 0 saturated heterocycles. The average Bonchev–Trinajstić information content (AvgIpc) is 2.67. The Kier molecular flexibility index (Phi) is 5.36. The number of aromatic nitrogens is 1. The summed E-state index contributed by atoms with van der Waals surface area (Å²) in [4.78, 5) is 3.76. The largest absolute Gasteiger partial charge is 0.481 e. The van der Waals surface area contributed by atoms with Crippen LogP contribution in [0.25, 0.3) is 11.1 Å². The second kappa shape index (κ2) is 7.58. The van der Waals surface area contributed by atoms with Crippen molar-refractivity contribution in [2.75, 3.05) is 11.8 Å². The van der Waals surface area contributed by atoms with Crippen molar-refractivity contribution >= 4 is 25.7 Å². The summed E-state index contributed by atoms with van der Waals surface area (Å²) in [6.07, 6.45) is 1.56. The van der Waals surface area contributed by atoms with Crippen molar-refractivity contribution in [1.29, 1.82) is 0 Å². The highest BCUT2D eigenvalue weighted by Gasteiger charge is 2.20. The fourth-order valence-electron chi connectivity index (χ4n) is 2.52. The van der Waals surface area contributed by atoms with Gasteiger partial charge in [0, 0.05) is 17.8 Å². The molecule has 3 N–H and O–H groups in total. The molecule has 0 amide bonds. The zero-order valence-corrected chi connectivity index (χ0v) is 16.4. The molecule has 8 nitrogen and oxygen atoms in total. The molecule has 2 aromatic carbocycles. The Bertz CT molecular complexity index is 1210. The fraction of sp³-hybridized carbons (Fsp3) is 0.0556. The van der Waals surface area contributed by atoms with E-state index in [0.29, 0.717) is 17.0 Å². The second-order valence-corrected chi connectivity index (χ2v) is 8.98. The van der Waals surface area contributed by atoms with Crippen LogP contribution in [0.3, 0.4) is 0 Å². The molecule has 3 rings (SSSR count). The predicted molar refractivity (Wildman–Crippen MR) is 105 cm³/mol. The van der Waals surface area contributed by atoms with Gasteiger partial charge in [0.25, 0.3) is 10.0 Å². The summed E-state index contributed by atoms with van der Waals surface area (Å²) in [6.45, 7) is 0. The number of nitrogens with two attached hydrogens (primary N) is 1. The lowest BCUT2D eigenvalue weighted by Crippen LogP contribution is -2.18. The van der Waals surface area contributed by atoms with E-state index in [1.807, 2.05) is 0 Å². The van der Waals surface area contributed by atoms with E-state index >= 15 is 0 Å². The monoisotopic (exact) mass is 419 g/mol. The maximum Gasteiger partial charge on any atom is 0.261 e. The highest BCUT2D eigenvalue weighted by molar-refractivity contribution is 7.93. The van der Waals surface area contributed by atoms with E-state index < -0.39 is 20.0 Å². The molecular weight excluding hydrogens is 402 g/mol. The van der Waals surface area contributed by atoms with E-state index in [1.165, 1.54) is 43.5 Å². The van der Waals surface area contributed by atoms with Crippen LogP contribution in [0.5, 0.6) is 5.88 Å². The van der Waals surface area contributed by atoms with Crippen LogP contribution in [-0.4, -0.2) is 28.9 Å². The van der Waals surface area contributed by atoms with Crippen molar-refractivity contribution in [1.82, 2.24) is 4.98 Å². The molecule has 0 aliphatic heterocycles. The van der Waals surface area contributed by atoms with Crippen molar-refractivity contribution in [2.45, 2.75) is 9.79 Å². The van der Waals surface area contributed by atoms with Crippen LogP contribution < -0.4 is 14.6 Å². The summed E-state index contributed by atoms with van der Waals surface area (Å²) in [5, 5.41) is 5.16. The lowest BCUT2D eigenvalue weighted by molar-refractivity contribution is 0.398. The van der Waals surface area contributed by atoms with Gasteiger partial charge in [-0.15, -0.1) is 0 Å². The average molecular weight is 419 g/mol. The number of ether oxygens (including phenoxy) is 1. The van der Waals surface area contributed by atoms with Crippen LogP contribution >= 0.6 is 0 Å². The van der Waals surface area contributed by atoms with Gasteiger partial charge < -0.3 is 4.74 Å². The van der Waals surface area contributed by atoms with Crippen molar-refractivity contribution in [2.24, 2.45) is 5.14 Å². The van der Waals surface area contributed by atoms with Crippen LogP contribution in [0.1, 0.15) is 0 Å². The van der Waals surface area contributed by atoms with E-state index in [-0.39, 0.29) is 15.5 Å². The molecule has 0 radical (unpaired) electrons. The second-order valence-electron chi connectivity index (χ2n) is 5.76. The quantitative estimate of drug-likeness (QED) is 0.630. The molecule has 0 bridgehead atoms. The number of primary sulfonamides is 1. The number of pyridine rings is 1. The van der Waals surface area contributed by atoms with Crippen molar-refractivity contribution in [3.05, 3.63) is 66.9 Å². The lowest BCUT2D eigenvalue weighted by Gasteiger charge is -2.12. The number of nitrogens with one attached hydrogen (secondary N) is 1. The molecule has 10 heteroatoms. The van der Waals surface area contributed by atoms with Gasteiger partial charge in [0.05, 0.1) is 17.7 Å². The van der Waals surface area contributed by atoms with E-state index in [4.69, 9.17) is 9.88 Å². The maximum absolute atomic E-state index is 12.8. The van der Waals surface area contributed by atoms with E-state index in [9.17, 15) is 16.8 Å². The Labute approximate surface area is 163 Å². The standard InChI is InChI=1S/C18H17N3O5S2/c1-26-18-10-9-14(12-20-18)13-5-4-6-15(11-13)28(24,25)21-16-7-2-3-8-17(16)27(19,22)23/h2-12,21H,1H3,(H2,19,22,23). The molecule has 146 valence electrons. The molecule has 0 aliphatic rings. The molecule has 28 heavy (non-hydrogen) atoms. The summed E-state index contributed by atoms with van der Waals surface area (Å²) in [7, 11) is -6.65. The van der Waals surface area contributed by atoms with Crippen LogP contribution in [0.15, 0.2) is 76.7 Å². The Morgan fingerprint density at radius 2 is 1.68 bits per heavy atom. The van der Waals surface area contributed by atoms with Gasteiger partial charge >= 0.3 is 0 Å². The number of anilines is 1. The smallest absolute Gasteiger partial charge is 0.261 e. The Morgan fingerprint density at radius 1 is 0.929 bits per heavy atom. The zero-order chi connectivity index (χ0) is 20.4. The molecule has 0 spiro atoms. The van der Waals surface area contributed by atoms with E-state index in [1.54, 1.807) is 30.5 Å². The van der Waals surface area contributed by atoms with Gasteiger partial charge in [-0.2, -0.15) is 0 Å². The third-order valence-electron chi connectivity index (χ3n) is 3.86. The number of rotatable bonds is 6. The van der Waals surface area contributed by atoms with Gasteiger partial charge in [0.2, 0.25) is 15.9 Å². The summed E-state index contributed by atoms with van der Waals surface area (Å²) in [5.41, 5.74) is 1.20. The highest BCUT2D eigenvalue weighted by Crippen LogP contribution is 2.26. The molecule has 1 heterocycles. The van der Waals surface area contributed by atoms with Crippen molar-refractivity contribution < 1.29 is 21.6 Å². The van der Waals surface area contributed by atoms with Gasteiger partial charge in [0.15, 0.2) is 0 Å². The van der Waals surface area contributed by atoms with E-state index in [0.717, 1.165) is 0 Å². The minimum atomic E-state index is -4.09. The number of para-hydroxylation sites is 1. The first-order valence-corrected chi connectivity index (χ1v) is 11.0. The molecular formula is C18H17N3O5S2. The van der Waals surface area contributed by atoms with Crippen molar-refractivity contribution in [3.8, 4) is 17.0 Å². The molecule has 1 aromatic heterocycles. The molecule has 0 fully saturated rings. The molecule has 0 atom stereocenters. The first kappa shape index (κ1) is 19.8. The van der Waals surface area contributed by atoms with Gasteiger partial charge in [-0.3, -0.25) is 4.72 Å². The number of benzene rings is 2. The number of hydrogen-bond acceptors (Lipinski definition) is 6. The minimum absolute atomic E-state index is 0.0370. The zero-order valence-electron chi connectivity index (χ0n) is 14.7. The third kappa shape index (κ3) is 4.30. The van der Waals surface area contributed by atoms with Crippen LogP contribution in [0.2, 0.25) is 0 Å².